The number of benzene rings is 1. The largest absolute Gasteiger partial charge is 0.478 e. The molecule has 1 aromatic carbocycles. The summed E-state index contributed by atoms with van der Waals surface area (Å²) < 4.78 is 5.28. The van der Waals surface area contributed by atoms with E-state index in [1.165, 1.54) is 36.9 Å². The summed E-state index contributed by atoms with van der Waals surface area (Å²) in [6.45, 7) is 0. The van der Waals surface area contributed by atoms with E-state index in [2.05, 4.69) is 5.32 Å². The summed E-state index contributed by atoms with van der Waals surface area (Å²) >= 11 is 1.41. The molecule has 0 spiro atoms. The van der Waals surface area contributed by atoms with Crippen molar-refractivity contribution in [2.24, 2.45) is 0 Å². The van der Waals surface area contributed by atoms with Gasteiger partial charge in [0, 0.05) is 10.9 Å². The second-order valence-electron chi connectivity index (χ2n) is 6.51. The van der Waals surface area contributed by atoms with Gasteiger partial charge in [0.2, 0.25) is 0 Å². The zero-order valence-electron chi connectivity index (χ0n) is 14.6. The summed E-state index contributed by atoms with van der Waals surface area (Å²) in [5, 5.41) is 12.3. The van der Waals surface area contributed by atoms with Crippen molar-refractivity contribution in [1.29, 1.82) is 0 Å². The molecule has 5 nitrogen and oxygen atoms in total. The number of rotatable bonds is 6. The number of nitrogens with one attached hydrogen (secondary N) is 1. The Balaban J connectivity index is 1.68. The molecule has 6 heteroatoms. The Hall–Kier alpha value is -2.21. The Morgan fingerprint density at radius 2 is 1.81 bits per heavy atom. The number of thioether (sulfide) groups is 1. The topological polar surface area (TPSA) is 79.5 Å². The van der Waals surface area contributed by atoms with E-state index < -0.39 is 5.97 Å². The number of aromatic carboxylic acids is 1. The van der Waals surface area contributed by atoms with Crippen LogP contribution in [0.1, 0.15) is 65.0 Å². The molecule has 1 aliphatic carbocycles. The van der Waals surface area contributed by atoms with Crippen molar-refractivity contribution in [3.63, 3.8) is 0 Å². The van der Waals surface area contributed by atoms with Crippen LogP contribution >= 0.6 is 11.8 Å². The minimum absolute atomic E-state index is 0.0575. The van der Waals surface area contributed by atoms with Gasteiger partial charge in [-0.2, -0.15) is 0 Å². The fourth-order valence-corrected chi connectivity index (χ4v) is 4.25. The first-order valence-corrected chi connectivity index (χ1v) is 9.96. The Labute approximate surface area is 157 Å². The highest BCUT2D eigenvalue weighted by atomic mass is 32.2. The van der Waals surface area contributed by atoms with E-state index in [1.807, 2.05) is 24.3 Å². The van der Waals surface area contributed by atoms with Gasteiger partial charge >= 0.3 is 5.97 Å². The van der Waals surface area contributed by atoms with Crippen molar-refractivity contribution in [3.05, 3.63) is 53.5 Å². The van der Waals surface area contributed by atoms with Gasteiger partial charge in [0.15, 0.2) is 0 Å². The number of amides is 1. The molecular weight excluding hydrogens is 350 g/mol. The minimum atomic E-state index is -1.01. The SMILES string of the molecule is O=C(NC1CCCCCC1)c1ccccc1SCc1occc1C(=O)O. The molecule has 0 unspecified atom stereocenters. The Kier molecular flexibility index (Phi) is 6.39. The summed E-state index contributed by atoms with van der Waals surface area (Å²) in [6.07, 6.45) is 8.27. The van der Waals surface area contributed by atoms with Gasteiger partial charge in [0.25, 0.3) is 5.91 Å². The highest BCUT2D eigenvalue weighted by Crippen LogP contribution is 2.28. The third kappa shape index (κ3) is 4.69. The maximum absolute atomic E-state index is 12.7. The van der Waals surface area contributed by atoms with Crippen LogP contribution in [0.3, 0.4) is 0 Å². The molecule has 0 aliphatic heterocycles. The molecule has 138 valence electrons. The molecule has 2 N–H and O–H groups in total. The zero-order valence-corrected chi connectivity index (χ0v) is 15.4. The number of hydrogen-bond acceptors (Lipinski definition) is 4. The number of carboxylic acids is 1. The number of hydrogen-bond donors (Lipinski definition) is 2. The van der Waals surface area contributed by atoms with Crippen LogP contribution in [0.2, 0.25) is 0 Å². The Morgan fingerprint density at radius 1 is 1.08 bits per heavy atom. The van der Waals surface area contributed by atoms with Gasteiger partial charge in [-0.3, -0.25) is 4.79 Å². The Morgan fingerprint density at radius 3 is 2.54 bits per heavy atom. The van der Waals surface area contributed by atoms with Crippen LogP contribution < -0.4 is 5.32 Å². The number of carbonyl (C=O) groups excluding carboxylic acids is 1. The molecule has 0 radical (unpaired) electrons. The third-order valence-corrected chi connectivity index (χ3v) is 5.73. The van der Waals surface area contributed by atoms with Crippen molar-refractivity contribution < 1.29 is 19.1 Å². The quantitative estimate of drug-likeness (QED) is 0.566. The second-order valence-corrected chi connectivity index (χ2v) is 7.53. The second kappa shape index (κ2) is 8.94. The fraction of sp³-hybridized carbons (Fsp3) is 0.400. The van der Waals surface area contributed by atoms with Crippen LogP contribution in [0.5, 0.6) is 0 Å². The summed E-state index contributed by atoms with van der Waals surface area (Å²) in [7, 11) is 0. The standard InChI is InChI=1S/C20H23NO4S/c22-19(21-14-7-3-1-2-4-8-14)16-9-5-6-10-18(16)26-13-17-15(20(23)24)11-12-25-17/h5-6,9-12,14H,1-4,7-8,13H2,(H,21,22)(H,23,24). The predicted octanol–water partition coefficient (Wildman–Crippen LogP) is 4.72. The number of furan rings is 1. The summed E-state index contributed by atoms with van der Waals surface area (Å²) in [5.74, 6) is -0.296. The van der Waals surface area contributed by atoms with E-state index in [0.29, 0.717) is 17.1 Å². The maximum Gasteiger partial charge on any atom is 0.339 e. The van der Waals surface area contributed by atoms with Crippen molar-refractivity contribution >= 4 is 23.6 Å². The van der Waals surface area contributed by atoms with E-state index in [-0.39, 0.29) is 17.5 Å². The monoisotopic (exact) mass is 373 g/mol. The molecule has 1 amide bonds. The molecule has 2 aromatic rings. The average Bonchev–Trinajstić information content (AvgIpc) is 2.97. The molecule has 3 rings (SSSR count). The van der Waals surface area contributed by atoms with Gasteiger partial charge in [-0.1, -0.05) is 37.8 Å². The first-order chi connectivity index (χ1) is 12.6. The zero-order chi connectivity index (χ0) is 18.4. The molecule has 1 fully saturated rings. The molecule has 1 aromatic heterocycles. The van der Waals surface area contributed by atoms with E-state index >= 15 is 0 Å². The Bertz CT molecular complexity index is 763. The van der Waals surface area contributed by atoms with E-state index in [0.717, 1.165) is 30.6 Å². The highest BCUT2D eigenvalue weighted by Gasteiger charge is 2.19. The van der Waals surface area contributed by atoms with Gasteiger partial charge in [-0.15, -0.1) is 11.8 Å². The molecule has 1 saturated carbocycles. The van der Waals surface area contributed by atoms with Crippen LogP contribution in [0, 0.1) is 0 Å². The molecule has 0 atom stereocenters. The van der Waals surface area contributed by atoms with Gasteiger partial charge < -0.3 is 14.8 Å². The van der Waals surface area contributed by atoms with Crippen molar-refractivity contribution in [3.8, 4) is 0 Å². The number of carboxylic acid groups (broad SMARTS) is 1. The molecule has 1 heterocycles. The number of carbonyl (C=O) groups is 2. The van der Waals surface area contributed by atoms with Crippen molar-refractivity contribution in [1.82, 2.24) is 5.32 Å². The predicted molar refractivity (Wildman–Crippen MR) is 101 cm³/mol. The van der Waals surface area contributed by atoms with E-state index in [4.69, 9.17) is 9.52 Å². The van der Waals surface area contributed by atoms with Gasteiger partial charge in [-0.25, -0.2) is 4.79 Å². The van der Waals surface area contributed by atoms with Gasteiger partial charge in [0.05, 0.1) is 17.6 Å². The van der Waals surface area contributed by atoms with Crippen LogP contribution in [-0.2, 0) is 5.75 Å². The summed E-state index contributed by atoms with van der Waals surface area (Å²) in [4.78, 5) is 24.8. The first kappa shape index (κ1) is 18.6. The lowest BCUT2D eigenvalue weighted by Crippen LogP contribution is -2.34. The molecule has 26 heavy (non-hydrogen) atoms. The fourth-order valence-electron chi connectivity index (χ4n) is 3.25. The lowest BCUT2D eigenvalue weighted by molar-refractivity contribution is 0.0694. The summed E-state index contributed by atoms with van der Waals surface area (Å²) in [5.41, 5.74) is 0.795. The van der Waals surface area contributed by atoms with Crippen LogP contribution in [-0.4, -0.2) is 23.0 Å². The van der Waals surface area contributed by atoms with Crippen LogP contribution in [0.15, 0.2) is 45.9 Å². The normalized spacial score (nSPS) is 15.4. The lowest BCUT2D eigenvalue weighted by atomic mass is 10.1. The average molecular weight is 373 g/mol. The lowest BCUT2D eigenvalue weighted by Gasteiger charge is -2.17. The minimum Gasteiger partial charge on any atom is -0.478 e. The highest BCUT2D eigenvalue weighted by molar-refractivity contribution is 7.98. The maximum atomic E-state index is 12.7. The van der Waals surface area contributed by atoms with Crippen LogP contribution in [0.4, 0.5) is 0 Å². The molecule has 1 aliphatic rings. The molecular formula is C20H23NO4S. The smallest absolute Gasteiger partial charge is 0.339 e. The van der Waals surface area contributed by atoms with Crippen molar-refractivity contribution in [2.45, 2.75) is 55.2 Å². The van der Waals surface area contributed by atoms with Gasteiger partial charge in [0.1, 0.15) is 11.3 Å². The van der Waals surface area contributed by atoms with Crippen LogP contribution in [0.25, 0.3) is 0 Å². The van der Waals surface area contributed by atoms with E-state index in [1.54, 1.807) is 0 Å². The van der Waals surface area contributed by atoms with Gasteiger partial charge in [-0.05, 0) is 31.0 Å². The third-order valence-electron chi connectivity index (χ3n) is 4.66. The summed E-state index contributed by atoms with van der Waals surface area (Å²) in [6, 6.07) is 9.12. The molecule has 0 bridgehead atoms. The van der Waals surface area contributed by atoms with E-state index in [9.17, 15) is 9.59 Å². The first-order valence-electron chi connectivity index (χ1n) is 8.97. The molecule has 0 saturated heterocycles. The van der Waals surface area contributed by atoms with Crippen molar-refractivity contribution in [2.75, 3.05) is 0 Å².